The Hall–Kier alpha value is -2.69. The first kappa shape index (κ1) is 12.3. The van der Waals surface area contributed by atoms with E-state index in [1.54, 1.807) is 38.1 Å². The maximum Gasteiger partial charge on any atom is 0.337 e. The molecule has 100 valence electrons. The van der Waals surface area contributed by atoms with Gasteiger partial charge in [-0.05, 0) is 31.5 Å². The van der Waals surface area contributed by atoms with Crippen molar-refractivity contribution >= 4 is 17.0 Å². The van der Waals surface area contributed by atoms with Crippen LogP contribution in [0.4, 0.5) is 0 Å². The van der Waals surface area contributed by atoms with Crippen molar-refractivity contribution in [3.63, 3.8) is 0 Å². The Morgan fingerprint density at radius 1 is 1.20 bits per heavy atom. The van der Waals surface area contributed by atoms with Crippen LogP contribution in [0, 0.1) is 13.8 Å². The van der Waals surface area contributed by atoms with Gasteiger partial charge in [-0.3, -0.25) is 4.79 Å². The molecule has 0 saturated carbocycles. The van der Waals surface area contributed by atoms with Gasteiger partial charge in [0, 0.05) is 11.6 Å². The van der Waals surface area contributed by atoms with E-state index < -0.39 is 5.63 Å². The number of carbonyl (C=O) groups excluding carboxylic acids is 1. The van der Waals surface area contributed by atoms with Gasteiger partial charge in [0.1, 0.15) is 0 Å². The lowest BCUT2D eigenvalue weighted by Gasteiger charge is -2.01. The fourth-order valence-electron chi connectivity index (χ4n) is 2.27. The van der Waals surface area contributed by atoms with Crippen LogP contribution in [-0.2, 0) is 0 Å². The van der Waals surface area contributed by atoms with Crippen LogP contribution in [0.15, 0.2) is 45.6 Å². The third-order valence-corrected chi connectivity index (χ3v) is 3.16. The minimum atomic E-state index is -0.489. The summed E-state index contributed by atoms with van der Waals surface area (Å²) in [6.45, 7) is 3.58. The molecule has 0 aliphatic carbocycles. The second-order valence-electron chi connectivity index (χ2n) is 4.60. The summed E-state index contributed by atoms with van der Waals surface area (Å²) in [6.07, 6.45) is 0. The van der Waals surface area contributed by atoms with Crippen LogP contribution in [0.5, 0.6) is 0 Å². The molecule has 3 aromatic rings. The fourth-order valence-corrected chi connectivity index (χ4v) is 2.27. The van der Waals surface area contributed by atoms with Crippen molar-refractivity contribution in [3.05, 3.63) is 63.6 Å². The van der Waals surface area contributed by atoms with E-state index in [1.807, 2.05) is 6.07 Å². The van der Waals surface area contributed by atoms with Crippen LogP contribution in [0.25, 0.3) is 11.1 Å². The van der Waals surface area contributed by atoms with E-state index in [-0.39, 0.29) is 11.6 Å². The number of aromatic nitrogens is 2. The summed E-state index contributed by atoms with van der Waals surface area (Å²) >= 11 is 0. The number of aryl methyl sites for hydroxylation is 2. The smallest absolute Gasteiger partial charge is 0.337 e. The van der Waals surface area contributed by atoms with Gasteiger partial charge < -0.3 is 4.42 Å². The average Bonchev–Trinajstić information content (AvgIpc) is 2.76. The van der Waals surface area contributed by atoms with Crippen molar-refractivity contribution in [2.45, 2.75) is 13.8 Å². The molecule has 0 unspecified atom stereocenters. The molecule has 0 atom stereocenters. The van der Waals surface area contributed by atoms with E-state index >= 15 is 0 Å². The van der Waals surface area contributed by atoms with Crippen molar-refractivity contribution in [1.29, 1.82) is 0 Å². The summed E-state index contributed by atoms with van der Waals surface area (Å²) in [6, 6.07) is 10.2. The lowest BCUT2D eigenvalue weighted by atomic mass is 10.2. The molecule has 0 bridgehead atoms. The topological polar surface area (TPSA) is 65.1 Å². The molecule has 0 aliphatic heterocycles. The van der Waals surface area contributed by atoms with E-state index in [0.717, 1.165) is 10.2 Å². The Morgan fingerprint density at radius 3 is 2.60 bits per heavy atom. The molecule has 0 amide bonds. The Kier molecular flexibility index (Phi) is 2.75. The Morgan fingerprint density at radius 2 is 1.90 bits per heavy atom. The maximum absolute atomic E-state index is 12.4. The number of carbonyl (C=O) groups is 1. The highest BCUT2D eigenvalue weighted by Crippen LogP contribution is 2.21. The standard InChI is InChI=1S/C15H12N2O3/c1-9-8-12(18)20-15-13(9)10(2)16-17(15)14(19)11-6-4-3-5-7-11/h3-8H,1-2H3. The minimum Gasteiger partial charge on any atom is -0.403 e. The maximum atomic E-state index is 12.4. The van der Waals surface area contributed by atoms with Crippen LogP contribution in [-0.4, -0.2) is 15.7 Å². The predicted octanol–water partition coefficient (Wildman–Crippen LogP) is 2.29. The van der Waals surface area contributed by atoms with Gasteiger partial charge in [0.2, 0.25) is 5.71 Å². The van der Waals surface area contributed by atoms with E-state index in [9.17, 15) is 9.59 Å². The molecule has 2 heterocycles. The normalized spacial score (nSPS) is 10.9. The first-order chi connectivity index (χ1) is 9.58. The second kappa shape index (κ2) is 4.45. The zero-order valence-corrected chi connectivity index (χ0v) is 11.1. The zero-order valence-electron chi connectivity index (χ0n) is 11.1. The largest absolute Gasteiger partial charge is 0.403 e. The van der Waals surface area contributed by atoms with Gasteiger partial charge in [0.05, 0.1) is 11.1 Å². The summed E-state index contributed by atoms with van der Waals surface area (Å²) in [5, 5.41) is 4.91. The van der Waals surface area contributed by atoms with Gasteiger partial charge in [-0.2, -0.15) is 9.78 Å². The van der Waals surface area contributed by atoms with Crippen LogP contribution in [0.3, 0.4) is 0 Å². The number of nitrogens with zero attached hydrogens (tertiary/aromatic N) is 2. The van der Waals surface area contributed by atoms with E-state index in [2.05, 4.69) is 5.10 Å². The number of hydrogen-bond acceptors (Lipinski definition) is 4. The summed E-state index contributed by atoms with van der Waals surface area (Å²) in [5.41, 5.74) is 1.60. The number of hydrogen-bond donors (Lipinski definition) is 0. The lowest BCUT2D eigenvalue weighted by molar-refractivity contribution is 0.0946. The molecule has 5 heteroatoms. The quantitative estimate of drug-likeness (QED) is 0.679. The van der Waals surface area contributed by atoms with Crippen molar-refractivity contribution < 1.29 is 9.21 Å². The molecule has 20 heavy (non-hydrogen) atoms. The highest BCUT2D eigenvalue weighted by molar-refractivity contribution is 6.00. The Balaban J connectivity index is 2.28. The minimum absolute atomic E-state index is 0.196. The molecular weight excluding hydrogens is 256 g/mol. The molecule has 0 radical (unpaired) electrons. The van der Waals surface area contributed by atoms with Crippen molar-refractivity contribution in [2.75, 3.05) is 0 Å². The summed E-state index contributed by atoms with van der Waals surface area (Å²) in [7, 11) is 0. The van der Waals surface area contributed by atoms with Gasteiger partial charge in [-0.15, -0.1) is 0 Å². The number of fused-ring (bicyclic) bond motifs is 1. The van der Waals surface area contributed by atoms with Crippen LogP contribution in [0.1, 0.15) is 21.6 Å². The third-order valence-electron chi connectivity index (χ3n) is 3.16. The molecule has 1 aromatic carbocycles. The van der Waals surface area contributed by atoms with E-state index in [4.69, 9.17) is 4.42 Å². The number of benzene rings is 1. The second-order valence-corrected chi connectivity index (χ2v) is 4.60. The first-order valence-corrected chi connectivity index (χ1v) is 6.18. The van der Waals surface area contributed by atoms with Gasteiger partial charge >= 0.3 is 5.63 Å². The molecular formula is C15H12N2O3. The summed E-state index contributed by atoms with van der Waals surface area (Å²) in [4.78, 5) is 23.9. The highest BCUT2D eigenvalue weighted by atomic mass is 16.4. The molecule has 2 aromatic heterocycles. The zero-order chi connectivity index (χ0) is 14.3. The molecule has 0 aliphatic rings. The molecule has 0 N–H and O–H groups in total. The fraction of sp³-hybridized carbons (Fsp3) is 0.133. The average molecular weight is 268 g/mol. The van der Waals surface area contributed by atoms with Crippen molar-refractivity contribution in [1.82, 2.24) is 9.78 Å². The van der Waals surface area contributed by atoms with Gasteiger partial charge in [-0.25, -0.2) is 4.79 Å². The van der Waals surface area contributed by atoms with Gasteiger partial charge in [0.25, 0.3) is 5.91 Å². The molecule has 0 fully saturated rings. The van der Waals surface area contributed by atoms with Crippen LogP contribution in [0.2, 0.25) is 0 Å². The monoisotopic (exact) mass is 268 g/mol. The third kappa shape index (κ3) is 1.84. The van der Waals surface area contributed by atoms with Gasteiger partial charge in [0.15, 0.2) is 0 Å². The highest BCUT2D eigenvalue weighted by Gasteiger charge is 2.19. The van der Waals surface area contributed by atoms with Crippen LogP contribution >= 0.6 is 0 Å². The molecule has 5 nitrogen and oxygen atoms in total. The van der Waals surface area contributed by atoms with Gasteiger partial charge in [-0.1, -0.05) is 18.2 Å². The van der Waals surface area contributed by atoms with Crippen LogP contribution < -0.4 is 5.63 Å². The van der Waals surface area contributed by atoms with E-state index in [0.29, 0.717) is 16.6 Å². The molecule has 0 saturated heterocycles. The number of rotatable bonds is 1. The summed E-state index contributed by atoms with van der Waals surface area (Å²) < 4.78 is 6.31. The predicted molar refractivity (Wildman–Crippen MR) is 73.9 cm³/mol. The SMILES string of the molecule is Cc1cc(=O)oc2c1c(C)nn2C(=O)c1ccccc1. The Labute approximate surface area is 114 Å². The summed E-state index contributed by atoms with van der Waals surface area (Å²) in [5.74, 6) is -0.322. The molecule has 3 rings (SSSR count). The molecule has 0 spiro atoms. The van der Waals surface area contributed by atoms with E-state index in [1.165, 1.54) is 6.07 Å². The first-order valence-electron chi connectivity index (χ1n) is 6.18. The van der Waals surface area contributed by atoms with Crippen molar-refractivity contribution in [2.24, 2.45) is 0 Å². The van der Waals surface area contributed by atoms with Crippen molar-refractivity contribution in [3.8, 4) is 0 Å². The lowest BCUT2D eigenvalue weighted by Crippen LogP contribution is -2.14. The Bertz CT molecular complexity index is 860.